The highest BCUT2D eigenvalue weighted by molar-refractivity contribution is 5.95. The number of rotatable bonds is 6. The van der Waals surface area contributed by atoms with Crippen molar-refractivity contribution in [2.24, 2.45) is 0 Å². The van der Waals surface area contributed by atoms with Crippen molar-refractivity contribution in [3.63, 3.8) is 0 Å². The van der Waals surface area contributed by atoms with E-state index in [2.05, 4.69) is 31.3 Å². The molecule has 4 aromatic rings. The van der Waals surface area contributed by atoms with Crippen LogP contribution in [0.2, 0.25) is 0 Å². The molecule has 160 valence electrons. The van der Waals surface area contributed by atoms with Crippen LogP contribution in [0, 0.1) is 17.1 Å². The summed E-state index contributed by atoms with van der Waals surface area (Å²) in [4.78, 5) is 4.91. The van der Waals surface area contributed by atoms with Gasteiger partial charge in [0.2, 0.25) is 0 Å². The maximum absolute atomic E-state index is 14.3. The van der Waals surface area contributed by atoms with E-state index in [1.807, 2.05) is 48.5 Å². The molecule has 1 unspecified atom stereocenters. The number of pyridine rings is 1. The molecule has 0 radical (unpaired) electrons. The zero-order valence-electron chi connectivity index (χ0n) is 18.3. The summed E-state index contributed by atoms with van der Waals surface area (Å²) in [6, 6.07) is 24.5. The first-order valence-electron chi connectivity index (χ1n) is 10.5. The van der Waals surface area contributed by atoms with Crippen molar-refractivity contribution in [1.29, 1.82) is 5.26 Å². The van der Waals surface area contributed by atoms with Gasteiger partial charge in [0, 0.05) is 23.0 Å². The topological polar surface area (TPSA) is 57.9 Å². The van der Waals surface area contributed by atoms with Crippen LogP contribution in [-0.2, 0) is 0 Å². The van der Waals surface area contributed by atoms with Crippen LogP contribution in [0.3, 0.4) is 0 Å². The number of fused-ring (bicyclic) bond motifs is 1. The quantitative estimate of drug-likeness (QED) is 0.392. The van der Waals surface area contributed by atoms with Crippen molar-refractivity contribution in [2.75, 3.05) is 7.11 Å². The highest BCUT2D eigenvalue weighted by atomic mass is 19.1. The third-order valence-corrected chi connectivity index (χ3v) is 5.66. The minimum Gasteiger partial charge on any atom is -0.497 e. The molecule has 0 fully saturated rings. The normalized spacial score (nSPS) is 12.8. The number of methoxy groups -OCH3 is 1. The van der Waals surface area contributed by atoms with Gasteiger partial charge in [-0.3, -0.25) is 4.98 Å². The van der Waals surface area contributed by atoms with Crippen molar-refractivity contribution >= 4 is 10.8 Å². The molecular formula is C27H24FN3O. The number of hydrogen-bond acceptors (Lipinski definition) is 4. The summed E-state index contributed by atoms with van der Waals surface area (Å²) < 4.78 is 19.7. The van der Waals surface area contributed by atoms with Crippen molar-refractivity contribution in [1.82, 2.24) is 10.3 Å². The number of halogens is 1. The van der Waals surface area contributed by atoms with E-state index in [1.54, 1.807) is 13.2 Å². The van der Waals surface area contributed by atoms with Crippen LogP contribution in [0.15, 0.2) is 72.8 Å². The molecule has 5 heteroatoms. The average molecular weight is 426 g/mol. The Kier molecular flexibility index (Phi) is 6.16. The number of hydrogen-bond donors (Lipinski definition) is 1. The van der Waals surface area contributed by atoms with E-state index in [4.69, 9.17) is 15.0 Å². The molecular weight excluding hydrogens is 401 g/mol. The predicted octanol–water partition coefficient (Wildman–Crippen LogP) is 6.33. The fraction of sp³-hybridized carbons (Fsp3) is 0.185. The second kappa shape index (κ2) is 9.17. The second-order valence-electron chi connectivity index (χ2n) is 7.81. The van der Waals surface area contributed by atoms with E-state index in [0.29, 0.717) is 11.3 Å². The van der Waals surface area contributed by atoms with Gasteiger partial charge in [-0.05, 0) is 55.1 Å². The number of benzene rings is 3. The van der Waals surface area contributed by atoms with E-state index in [0.717, 1.165) is 27.8 Å². The molecule has 4 nitrogen and oxygen atoms in total. The standard InChI is InChI=1S/C27H24FN3O/c1-17(19-8-6-9-23(13-19)32-3)30-18(2)26-15-20-7-4-5-10-24(20)27(31-26)21-11-12-22(16-29)25(28)14-21/h4-15,17-18,30H,1-3H3/t17-,18?/m1/s1. The molecule has 1 aromatic heterocycles. The molecule has 4 rings (SSSR count). The summed E-state index contributed by atoms with van der Waals surface area (Å²) >= 11 is 0. The maximum atomic E-state index is 14.3. The van der Waals surface area contributed by atoms with E-state index in [1.165, 1.54) is 12.1 Å². The summed E-state index contributed by atoms with van der Waals surface area (Å²) in [5.41, 5.74) is 3.35. The molecule has 3 aromatic carbocycles. The van der Waals surface area contributed by atoms with Crippen molar-refractivity contribution < 1.29 is 9.13 Å². The number of ether oxygens (including phenoxy) is 1. The third kappa shape index (κ3) is 4.32. The largest absolute Gasteiger partial charge is 0.497 e. The Balaban J connectivity index is 1.71. The van der Waals surface area contributed by atoms with Crippen LogP contribution in [0.4, 0.5) is 4.39 Å². The molecule has 0 aliphatic heterocycles. The maximum Gasteiger partial charge on any atom is 0.141 e. The molecule has 0 spiro atoms. The Labute approximate surface area is 187 Å². The second-order valence-corrected chi connectivity index (χ2v) is 7.81. The highest BCUT2D eigenvalue weighted by Crippen LogP contribution is 2.31. The molecule has 2 atom stereocenters. The van der Waals surface area contributed by atoms with Crippen molar-refractivity contribution in [3.8, 4) is 23.1 Å². The molecule has 0 aliphatic rings. The van der Waals surface area contributed by atoms with Gasteiger partial charge in [0.1, 0.15) is 17.6 Å². The smallest absolute Gasteiger partial charge is 0.141 e. The van der Waals surface area contributed by atoms with Crippen LogP contribution >= 0.6 is 0 Å². The third-order valence-electron chi connectivity index (χ3n) is 5.66. The lowest BCUT2D eigenvalue weighted by Crippen LogP contribution is -2.23. The molecule has 0 bridgehead atoms. The zero-order valence-corrected chi connectivity index (χ0v) is 18.3. The fourth-order valence-electron chi connectivity index (χ4n) is 3.88. The minimum absolute atomic E-state index is 0.0244. The van der Waals surface area contributed by atoms with Crippen LogP contribution in [-0.4, -0.2) is 12.1 Å². The van der Waals surface area contributed by atoms with Gasteiger partial charge in [-0.1, -0.05) is 42.5 Å². The van der Waals surface area contributed by atoms with Crippen LogP contribution in [0.25, 0.3) is 22.0 Å². The molecule has 0 saturated heterocycles. The number of aromatic nitrogens is 1. The number of nitriles is 1. The van der Waals surface area contributed by atoms with E-state index < -0.39 is 5.82 Å². The van der Waals surface area contributed by atoms with Gasteiger partial charge >= 0.3 is 0 Å². The fourth-order valence-corrected chi connectivity index (χ4v) is 3.88. The predicted molar refractivity (Wildman–Crippen MR) is 125 cm³/mol. The van der Waals surface area contributed by atoms with Gasteiger partial charge in [-0.15, -0.1) is 0 Å². The Morgan fingerprint density at radius 1 is 0.969 bits per heavy atom. The Morgan fingerprint density at radius 3 is 2.53 bits per heavy atom. The Bertz CT molecular complexity index is 1310. The Hall–Kier alpha value is -3.75. The van der Waals surface area contributed by atoms with Crippen LogP contribution in [0.1, 0.15) is 42.8 Å². The lowest BCUT2D eigenvalue weighted by atomic mass is 10.00. The highest BCUT2D eigenvalue weighted by Gasteiger charge is 2.17. The SMILES string of the molecule is COc1cccc([C@@H](C)NC(C)c2cc3ccccc3c(-c3ccc(C#N)c(F)c3)n2)c1. The zero-order chi connectivity index (χ0) is 22.7. The van der Waals surface area contributed by atoms with Crippen LogP contribution < -0.4 is 10.1 Å². The van der Waals surface area contributed by atoms with Crippen LogP contribution in [0.5, 0.6) is 5.75 Å². The molecule has 0 amide bonds. The number of nitrogens with one attached hydrogen (secondary N) is 1. The van der Waals surface area contributed by atoms with Crippen molar-refractivity contribution in [2.45, 2.75) is 25.9 Å². The molecule has 0 saturated carbocycles. The summed E-state index contributed by atoms with van der Waals surface area (Å²) in [6.45, 7) is 4.17. The summed E-state index contributed by atoms with van der Waals surface area (Å²) in [6.07, 6.45) is 0. The van der Waals surface area contributed by atoms with Crippen molar-refractivity contribution in [3.05, 3.63) is 95.4 Å². The summed E-state index contributed by atoms with van der Waals surface area (Å²) in [5, 5.41) is 14.6. The lowest BCUT2D eigenvalue weighted by Gasteiger charge is -2.22. The lowest BCUT2D eigenvalue weighted by molar-refractivity contribution is 0.412. The molecule has 32 heavy (non-hydrogen) atoms. The molecule has 1 heterocycles. The first-order valence-corrected chi connectivity index (χ1v) is 10.5. The molecule has 1 N–H and O–H groups in total. The minimum atomic E-state index is -0.542. The summed E-state index contributed by atoms with van der Waals surface area (Å²) in [5.74, 6) is 0.275. The monoisotopic (exact) mass is 425 g/mol. The average Bonchev–Trinajstić information content (AvgIpc) is 2.83. The van der Waals surface area contributed by atoms with Gasteiger partial charge in [0.15, 0.2) is 0 Å². The van der Waals surface area contributed by atoms with Gasteiger partial charge in [-0.25, -0.2) is 4.39 Å². The van der Waals surface area contributed by atoms with E-state index in [9.17, 15) is 4.39 Å². The van der Waals surface area contributed by atoms with Gasteiger partial charge in [-0.2, -0.15) is 5.26 Å². The van der Waals surface area contributed by atoms with Gasteiger partial charge < -0.3 is 10.1 Å². The molecule has 0 aliphatic carbocycles. The number of nitrogens with zero attached hydrogens (tertiary/aromatic N) is 2. The van der Waals surface area contributed by atoms with Gasteiger partial charge in [0.25, 0.3) is 0 Å². The summed E-state index contributed by atoms with van der Waals surface area (Å²) in [7, 11) is 1.66. The van der Waals surface area contributed by atoms with E-state index in [-0.39, 0.29) is 17.6 Å². The van der Waals surface area contributed by atoms with E-state index >= 15 is 0 Å². The Morgan fingerprint density at radius 2 is 1.78 bits per heavy atom. The first-order chi connectivity index (χ1) is 15.5. The van der Waals surface area contributed by atoms with Gasteiger partial charge in [0.05, 0.1) is 24.1 Å². The first kappa shape index (κ1) is 21.5.